The van der Waals surface area contributed by atoms with Gasteiger partial charge in [0.2, 0.25) is 11.8 Å². The monoisotopic (exact) mass is 447 g/mol. The Morgan fingerprint density at radius 3 is 2.73 bits per heavy atom. The third-order valence-electron chi connectivity index (χ3n) is 6.25. The first kappa shape index (κ1) is 19.5. The average molecular weight is 447 g/mol. The molecule has 1 saturated heterocycles. The van der Waals surface area contributed by atoms with Crippen molar-refractivity contribution in [3.8, 4) is 0 Å². The maximum Gasteiger partial charge on any atom is 0.302 e. The molecule has 2 aliphatic heterocycles. The van der Waals surface area contributed by atoms with Gasteiger partial charge in [0, 0.05) is 35.8 Å². The lowest BCUT2D eigenvalue weighted by Gasteiger charge is -2.29. The third kappa shape index (κ3) is 2.63. The zero-order chi connectivity index (χ0) is 22.9. The van der Waals surface area contributed by atoms with Crippen molar-refractivity contribution in [3.05, 3.63) is 65.7 Å². The first-order valence-corrected chi connectivity index (χ1v) is 10.3. The van der Waals surface area contributed by atoms with Gasteiger partial charge < -0.3 is 4.98 Å². The number of hydrogen-bond donors (Lipinski definition) is 2. The number of hydrogen-bond acceptors (Lipinski definition) is 5. The normalized spacial score (nSPS) is 18.4. The largest absolute Gasteiger partial charge is 0.359 e. The van der Waals surface area contributed by atoms with Crippen molar-refractivity contribution in [3.63, 3.8) is 0 Å². The number of fused-ring (bicyclic) bond motifs is 1. The molecule has 0 bridgehead atoms. The van der Waals surface area contributed by atoms with Crippen molar-refractivity contribution in [1.82, 2.24) is 20.3 Å². The first-order chi connectivity index (χ1) is 15.9. The number of nitrogens with zero attached hydrogens (tertiary/aromatic N) is 3. The van der Waals surface area contributed by atoms with E-state index in [1.165, 1.54) is 47.8 Å². The minimum absolute atomic E-state index is 0.0747. The number of nitrogens with one attached hydrogen (secondary N) is 2. The standard InChI is InChI=1S/C23H15F2N5O3/c24-23(25,14-8-27-16-10-26-7-6-11(14)16)15-9-28-20-19-12(15)2-1-3-13(19)22(33)30(20)17-4-5-18(31)29-21(17)32/h1-3,6-10,17,27H,4-5H2,(H,29,31,32). The molecule has 2 aliphatic rings. The number of aromatic amines is 1. The molecule has 3 amide bonds. The third-order valence-corrected chi connectivity index (χ3v) is 6.25. The van der Waals surface area contributed by atoms with Crippen LogP contribution in [0.25, 0.3) is 21.7 Å². The summed E-state index contributed by atoms with van der Waals surface area (Å²) in [7, 11) is 0. The molecule has 33 heavy (non-hydrogen) atoms. The molecule has 1 atom stereocenters. The van der Waals surface area contributed by atoms with E-state index in [2.05, 4.69) is 20.3 Å². The van der Waals surface area contributed by atoms with Crippen LogP contribution in [0.4, 0.5) is 14.6 Å². The molecule has 0 radical (unpaired) electrons. The Kier molecular flexibility index (Phi) is 3.92. The van der Waals surface area contributed by atoms with Crippen molar-refractivity contribution >= 4 is 45.2 Å². The molecule has 0 spiro atoms. The number of alkyl halides is 2. The minimum atomic E-state index is -3.42. The van der Waals surface area contributed by atoms with Crippen molar-refractivity contribution in [2.45, 2.75) is 24.8 Å². The van der Waals surface area contributed by atoms with Crippen LogP contribution in [0.2, 0.25) is 0 Å². The van der Waals surface area contributed by atoms with E-state index in [4.69, 9.17) is 0 Å². The van der Waals surface area contributed by atoms with Crippen LogP contribution in [-0.4, -0.2) is 38.7 Å². The van der Waals surface area contributed by atoms with Gasteiger partial charge in [-0.15, -0.1) is 0 Å². The Morgan fingerprint density at radius 1 is 1.06 bits per heavy atom. The number of H-pyrrole nitrogens is 1. The van der Waals surface area contributed by atoms with Gasteiger partial charge in [-0.3, -0.25) is 29.6 Å². The molecule has 10 heteroatoms. The van der Waals surface area contributed by atoms with E-state index in [0.29, 0.717) is 10.9 Å². The van der Waals surface area contributed by atoms with Gasteiger partial charge in [0.05, 0.1) is 28.4 Å². The van der Waals surface area contributed by atoms with Crippen molar-refractivity contribution < 1.29 is 23.2 Å². The molecule has 0 saturated carbocycles. The van der Waals surface area contributed by atoms with Crippen molar-refractivity contribution in [2.75, 3.05) is 4.90 Å². The van der Waals surface area contributed by atoms with Crippen molar-refractivity contribution in [1.29, 1.82) is 0 Å². The van der Waals surface area contributed by atoms with E-state index in [9.17, 15) is 14.4 Å². The van der Waals surface area contributed by atoms with Gasteiger partial charge in [-0.05, 0) is 23.9 Å². The van der Waals surface area contributed by atoms with Crippen LogP contribution in [0.3, 0.4) is 0 Å². The molecule has 1 unspecified atom stereocenters. The lowest BCUT2D eigenvalue weighted by molar-refractivity contribution is -0.134. The van der Waals surface area contributed by atoms with Gasteiger partial charge >= 0.3 is 5.92 Å². The smallest absolute Gasteiger partial charge is 0.302 e. The van der Waals surface area contributed by atoms with Crippen LogP contribution in [0.15, 0.2) is 49.1 Å². The van der Waals surface area contributed by atoms with Crippen LogP contribution in [-0.2, 0) is 15.5 Å². The fraction of sp³-hybridized carbons (Fsp3) is 0.174. The number of imide groups is 1. The fourth-order valence-corrected chi connectivity index (χ4v) is 4.71. The first-order valence-electron chi connectivity index (χ1n) is 10.3. The summed E-state index contributed by atoms with van der Waals surface area (Å²) in [4.78, 5) is 49.4. The molecular weight excluding hydrogens is 432 g/mol. The number of rotatable bonds is 3. The maximum atomic E-state index is 15.8. The molecule has 3 aromatic heterocycles. The minimum Gasteiger partial charge on any atom is -0.359 e. The van der Waals surface area contributed by atoms with E-state index in [-0.39, 0.29) is 46.1 Å². The van der Waals surface area contributed by atoms with E-state index in [1.807, 2.05) is 0 Å². The van der Waals surface area contributed by atoms with Crippen LogP contribution >= 0.6 is 0 Å². The lowest BCUT2D eigenvalue weighted by atomic mass is 9.95. The molecule has 1 aromatic carbocycles. The molecule has 2 N–H and O–H groups in total. The molecule has 6 rings (SSSR count). The van der Waals surface area contributed by atoms with Gasteiger partial charge in [0.15, 0.2) is 0 Å². The number of carbonyl (C=O) groups is 3. The predicted octanol–water partition coefficient (Wildman–Crippen LogP) is 3.02. The molecule has 164 valence electrons. The van der Waals surface area contributed by atoms with E-state index < -0.39 is 29.7 Å². The van der Waals surface area contributed by atoms with Gasteiger partial charge in [0.1, 0.15) is 11.9 Å². The lowest BCUT2D eigenvalue weighted by Crippen LogP contribution is -2.53. The van der Waals surface area contributed by atoms with E-state index >= 15 is 8.78 Å². The van der Waals surface area contributed by atoms with Crippen LogP contribution in [0, 0.1) is 0 Å². The quantitative estimate of drug-likeness (QED) is 0.470. The number of carbonyl (C=O) groups excluding carboxylic acids is 3. The Balaban J connectivity index is 1.53. The molecule has 4 aromatic rings. The maximum absolute atomic E-state index is 15.8. The number of aromatic nitrogens is 3. The Hall–Kier alpha value is -4.21. The van der Waals surface area contributed by atoms with Gasteiger partial charge in [0.25, 0.3) is 5.91 Å². The highest BCUT2D eigenvalue weighted by Gasteiger charge is 2.44. The number of piperidine rings is 1. The fourth-order valence-electron chi connectivity index (χ4n) is 4.71. The number of pyridine rings is 2. The molecular formula is C23H15F2N5O3. The summed E-state index contributed by atoms with van der Waals surface area (Å²) in [6.45, 7) is 0. The summed E-state index contributed by atoms with van der Waals surface area (Å²) in [6, 6.07) is 5.15. The highest BCUT2D eigenvalue weighted by molar-refractivity contribution is 6.26. The molecule has 8 nitrogen and oxygen atoms in total. The zero-order valence-corrected chi connectivity index (χ0v) is 16.9. The molecule has 1 fully saturated rings. The number of anilines is 1. The SMILES string of the molecule is O=C1CCC(N2C(=O)c3cccc4c(C(F)(F)c5c[nH]c6cnccc56)cnc2c34)C(=O)N1. The van der Waals surface area contributed by atoms with Gasteiger partial charge in [-0.2, -0.15) is 8.78 Å². The zero-order valence-electron chi connectivity index (χ0n) is 16.9. The highest BCUT2D eigenvalue weighted by Crippen LogP contribution is 2.46. The highest BCUT2D eigenvalue weighted by atomic mass is 19.3. The van der Waals surface area contributed by atoms with Crippen LogP contribution in [0.1, 0.15) is 34.3 Å². The summed E-state index contributed by atoms with van der Waals surface area (Å²) in [6.07, 6.45) is 5.42. The second-order valence-corrected chi connectivity index (χ2v) is 8.06. The predicted molar refractivity (Wildman–Crippen MR) is 114 cm³/mol. The second kappa shape index (κ2) is 6.64. The summed E-state index contributed by atoms with van der Waals surface area (Å²) < 4.78 is 31.7. The molecule has 5 heterocycles. The number of amides is 3. The molecule has 0 aliphatic carbocycles. The Labute approximate surface area is 184 Å². The average Bonchev–Trinajstić information content (AvgIpc) is 3.36. The number of halogens is 2. The van der Waals surface area contributed by atoms with Crippen LogP contribution < -0.4 is 10.2 Å². The van der Waals surface area contributed by atoms with Crippen molar-refractivity contribution in [2.24, 2.45) is 0 Å². The second-order valence-electron chi connectivity index (χ2n) is 8.06. The topological polar surface area (TPSA) is 108 Å². The summed E-state index contributed by atoms with van der Waals surface area (Å²) in [5.74, 6) is -4.81. The number of benzene rings is 1. The summed E-state index contributed by atoms with van der Waals surface area (Å²) >= 11 is 0. The Morgan fingerprint density at radius 2 is 1.91 bits per heavy atom. The van der Waals surface area contributed by atoms with Gasteiger partial charge in [-0.1, -0.05) is 12.1 Å². The summed E-state index contributed by atoms with van der Waals surface area (Å²) in [5.41, 5.74) is 0.0956. The van der Waals surface area contributed by atoms with E-state index in [0.717, 1.165) is 6.20 Å². The van der Waals surface area contributed by atoms with Crippen LogP contribution in [0.5, 0.6) is 0 Å². The Bertz CT molecular complexity index is 1510. The summed E-state index contributed by atoms with van der Waals surface area (Å²) in [5, 5.41) is 3.01. The van der Waals surface area contributed by atoms with E-state index in [1.54, 1.807) is 0 Å². The van der Waals surface area contributed by atoms with Gasteiger partial charge in [-0.25, -0.2) is 4.98 Å².